The molecule has 3 aromatic carbocycles. The number of hydrogen-bond donors (Lipinski definition) is 0. The summed E-state index contributed by atoms with van der Waals surface area (Å²) in [6.07, 6.45) is 2.30. The van der Waals surface area contributed by atoms with Gasteiger partial charge >= 0.3 is 0 Å². The summed E-state index contributed by atoms with van der Waals surface area (Å²) in [6.45, 7) is 3.93. The van der Waals surface area contributed by atoms with E-state index in [1.165, 1.54) is 28.5 Å². The van der Waals surface area contributed by atoms with Crippen molar-refractivity contribution >= 4 is 10.8 Å². The van der Waals surface area contributed by atoms with E-state index in [-0.39, 0.29) is 5.82 Å². The smallest absolute Gasteiger partial charge is 0.123 e. The van der Waals surface area contributed by atoms with Crippen LogP contribution in [-0.4, -0.2) is 24.6 Å². The Morgan fingerprint density at radius 3 is 2.38 bits per heavy atom. The first-order valence-corrected chi connectivity index (χ1v) is 9.35. The number of piperidine rings is 1. The van der Waals surface area contributed by atoms with Gasteiger partial charge in [-0.15, -0.1) is 0 Å². The highest BCUT2D eigenvalue weighted by molar-refractivity contribution is 5.82. The molecule has 0 atom stereocenters. The van der Waals surface area contributed by atoms with Crippen LogP contribution in [0.1, 0.15) is 18.4 Å². The Morgan fingerprint density at radius 2 is 1.62 bits per heavy atom. The molecular formula is C23H24FNO. The minimum atomic E-state index is -0.223. The average Bonchev–Trinajstić information content (AvgIpc) is 2.69. The minimum Gasteiger partial charge on any atom is -0.493 e. The maximum Gasteiger partial charge on any atom is 0.123 e. The fourth-order valence-electron chi connectivity index (χ4n) is 3.65. The Bertz CT molecular complexity index is 853. The Morgan fingerprint density at radius 1 is 0.885 bits per heavy atom. The molecule has 2 nitrogen and oxygen atoms in total. The molecule has 0 spiro atoms. The standard InChI is InChI=1S/C23H24FNO/c24-22-7-9-23(10-8-22)26-17-18-11-13-25(14-12-18)16-19-5-6-20-3-1-2-4-21(20)15-19/h1-10,15,18H,11-14,16-17H2. The first kappa shape index (κ1) is 17.0. The molecule has 3 heteroatoms. The summed E-state index contributed by atoms with van der Waals surface area (Å²) in [6, 6.07) is 21.6. The number of benzene rings is 3. The molecule has 26 heavy (non-hydrogen) atoms. The average molecular weight is 349 g/mol. The van der Waals surface area contributed by atoms with Gasteiger partial charge in [-0.2, -0.15) is 0 Å². The van der Waals surface area contributed by atoms with Crippen LogP contribution in [0.2, 0.25) is 0 Å². The molecule has 0 aromatic heterocycles. The summed E-state index contributed by atoms with van der Waals surface area (Å²) in [7, 11) is 0. The van der Waals surface area contributed by atoms with Crippen molar-refractivity contribution in [3.05, 3.63) is 78.1 Å². The largest absolute Gasteiger partial charge is 0.493 e. The van der Waals surface area contributed by atoms with Crippen molar-refractivity contribution in [2.24, 2.45) is 5.92 Å². The first-order valence-electron chi connectivity index (χ1n) is 9.35. The van der Waals surface area contributed by atoms with E-state index >= 15 is 0 Å². The molecule has 3 aromatic rings. The van der Waals surface area contributed by atoms with Gasteiger partial charge in [0.1, 0.15) is 11.6 Å². The third-order valence-electron chi connectivity index (χ3n) is 5.23. The number of rotatable bonds is 5. The molecule has 0 amide bonds. The molecule has 0 unspecified atom stereocenters. The lowest BCUT2D eigenvalue weighted by Crippen LogP contribution is -2.35. The van der Waals surface area contributed by atoms with Gasteiger partial charge in [-0.25, -0.2) is 4.39 Å². The van der Waals surface area contributed by atoms with Gasteiger partial charge in [-0.05, 0) is 78.5 Å². The summed E-state index contributed by atoms with van der Waals surface area (Å²) in [5.74, 6) is 1.11. The van der Waals surface area contributed by atoms with Crippen molar-refractivity contribution in [3.8, 4) is 5.75 Å². The molecule has 1 aliphatic rings. The van der Waals surface area contributed by atoms with Crippen LogP contribution in [-0.2, 0) is 6.54 Å². The zero-order chi connectivity index (χ0) is 17.8. The highest BCUT2D eigenvalue weighted by atomic mass is 19.1. The molecule has 0 bridgehead atoms. The SMILES string of the molecule is Fc1ccc(OCC2CCN(Cc3ccc4ccccc4c3)CC2)cc1. The monoisotopic (exact) mass is 349 g/mol. The predicted molar refractivity (Wildman–Crippen MR) is 104 cm³/mol. The second kappa shape index (κ2) is 7.88. The van der Waals surface area contributed by atoms with Crippen molar-refractivity contribution in [1.29, 1.82) is 0 Å². The van der Waals surface area contributed by atoms with E-state index in [0.717, 1.165) is 44.8 Å². The lowest BCUT2D eigenvalue weighted by atomic mass is 9.97. The Labute approximate surface area is 154 Å². The molecule has 4 rings (SSSR count). The minimum absolute atomic E-state index is 0.223. The maximum atomic E-state index is 12.9. The molecule has 1 fully saturated rings. The highest BCUT2D eigenvalue weighted by Crippen LogP contribution is 2.22. The van der Waals surface area contributed by atoms with Gasteiger partial charge in [0.2, 0.25) is 0 Å². The van der Waals surface area contributed by atoms with Crippen molar-refractivity contribution in [3.63, 3.8) is 0 Å². The van der Waals surface area contributed by atoms with Crippen LogP contribution in [0.5, 0.6) is 5.75 Å². The fraction of sp³-hybridized carbons (Fsp3) is 0.304. The summed E-state index contributed by atoms with van der Waals surface area (Å²) < 4.78 is 18.7. The second-order valence-corrected chi connectivity index (χ2v) is 7.17. The molecule has 0 aliphatic carbocycles. The first-order chi connectivity index (χ1) is 12.8. The van der Waals surface area contributed by atoms with Gasteiger partial charge in [-0.1, -0.05) is 36.4 Å². The van der Waals surface area contributed by atoms with Gasteiger partial charge in [0, 0.05) is 6.54 Å². The second-order valence-electron chi connectivity index (χ2n) is 7.17. The topological polar surface area (TPSA) is 12.5 Å². The number of likely N-dealkylation sites (tertiary alicyclic amines) is 1. The zero-order valence-electron chi connectivity index (χ0n) is 14.9. The van der Waals surface area contributed by atoms with Gasteiger partial charge in [-0.3, -0.25) is 4.90 Å². The summed E-state index contributed by atoms with van der Waals surface area (Å²) in [4.78, 5) is 2.53. The van der Waals surface area contributed by atoms with E-state index < -0.39 is 0 Å². The summed E-state index contributed by atoms with van der Waals surface area (Å²) >= 11 is 0. The van der Waals surface area contributed by atoms with Crippen LogP contribution < -0.4 is 4.74 Å². The predicted octanol–water partition coefficient (Wildman–Crippen LogP) is 5.27. The van der Waals surface area contributed by atoms with E-state index in [1.54, 1.807) is 12.1 Å². The van der Waals surface area contributed by atoms with E-state index in [1.807, 2.05) is 0 Å². The number of ether oxygens (including phenoxy) is 1. The summed E-state index contributed by atoms with van der Waals surface area (Å²) in [5, 5.41) is 2.61. The number of fused-ring (bicyclic) bond motifs is 1. The Kier molecular flexibility index (Phi) is 5.16. The number of hydrogen-bond acceptors (Lipinski definition) is 2. The van der Waals surface area contributed by atoms with Crippen molar-refractivity contribution in [2.45, 2.75) is 19.4 Å². The van der Waals surface area contributed by atoms with E-state index in [9.17, 15) is 4.39 Å². The lowest BCUT2D eigenvalue weighted by Gasteiger charge is -2.31. The van der Waals surface area contributed by atoms with Crippen molar-refractivity contribution < 1.29 is 9.13 Å². The molecule has 134 valence electrons. The van der Waals surface area contributed by atoms with Gasteiger partial charge in [0.05, 0.1) is 6.61 Å². The highest BCUT2D eigenvalue weighted by Gasteiger charge is 2.20. The molecule has 0 N–H and O–H groups in total. The van der Waals surface area contributed by atoms with Crippen LogP contribution in [0.15, 0.2) is 66.7 Å². The third-order valence-corrected chi connectivity index (χ3v) is 5.23. The quantitative estimate of drug-likeness (QED) is 0.622. The number of nitrogens with zero attached hydrogens (tertiary/aromatic N) is 1. The van der Waals surface area contributed by atoms with Crippen molar-refractivity contribution in [2.75, 3.05) is 19.7 Å². The normalized spacial score (nSPS) is 16.0. The van der Waals surface area contributed by atoms with Crippen LogP contribution in [0.3, 0.4) is 0 Å². The van der Waals surface area contributed by atoms with Gasteiger partial charge in [0.15, 0.2) is 0 Å². The Balaban J connectivity index is 1.27. The molecule has 1 aliphatic heterocycles. The maximum absolute atomic E-state index is 12.9. The molecule has 1 heterocycles. The van der Waals surface area contributed by atoms with E-state index in [4.69, 9.17) is 4.74 Å². The lowest BCUT2D eigenvalue weighted by molar-refractivity contribution is 0.136. The number of halogens is 1. The van der Waals surface area contributed by atoms with Gasteiger partial charge in [0.25, 0.3) is 0 Å². The van der Waals surface area contributed by atoms with E-state index in [0.29, 0.717) is 5.92 Å². The fourth-order valence-corrected chi connectivity index (χ4v) is 3.65. The van der Waals surface area contributed by atoms with Crippen LogP contribution in [0.25, 0.3) is 10.8 Å². The molecule has 1 saturated heterocycles. The molecular weight excluding hydrogens is 325 g/mol. The summed E-state index contributed by atoms with van der Waals surface area (Å²) in [5.41, 5.74) is 1.38. The van der Waals surface area contributed by atoms with Crippen LogP contribution in [0, 0.1) is 11.7 Å². The van der Waals surface area contributed by atoms with Gasteiger partial charge < -0.3 is 4.74 Å². The molecule has 0 saturated carbocycles. The third kappa shape index (κ3) is 4.23. The molecule has 0 radical (unpaired) electrons. The Hall–Kier alpha value is -2.39. The zero-order valence-corrected chi connectivity index (χ0v) is 14.9. The van der Waals surface area contributed by atoms with Crippen molar-refractivity contribution in [1.82, 2.24) is 4.90 Å². The van der Waals surface area contributed by atoms with E-state index in [2.05, 4.69) is 47.4 Å². The van der Waals surface area contributed by atoms with Crippen LogP contribution in [0.4, 0.5) is 4.39 Å². The van der Waals surface area contributed by atoms with Crippen LogP contribution >= 0.6 is 0 Å².